The third kappa shape index (κ3) is 4.94. The number of carbonyl (C=O) groups excluding carboxylic acids is 1. The van der Waals surface area contributed by atoms with Crippen molar-refractivity contribution in [1.82, 2.24) is 20.0 Å². The normalized spacial score (nSPS) is 15.2. The molecule has 1 saturated heterocycles. The first kappa shape index (κ1) is 20.9. The third-order valence-electron chi connectivity index (χ3n) is 4.75. The van der Waals surface area contributed by atoms with Crippen molar-refractivity contribution in [2.75, 3.05) is 33.4 Å². The molecule has 1 aliphatic rings. The van der Waals surface area contributed by atoms with Crippen molar-refractivity contribution in [3.05, 3.63) is 17.0 Å². The highest BCUT2D eigenvalue weighted by molar-refractivity contribution is 5.85. The molecule has 0 aromatic carbocycles. The van der Waals surface area contributed by atoms with Gasteiger partial charge in [0, 0.05) is 43.9 Å². The highest BCUT2D eigenvalue weighted by Gasteiger charge is 2.27. The van der Waals surface area contributed by atoms with E-state index in [0.29, 0.717) is 19.7 Å². The maximum Gasteiger partial charge on any atom is 0.226 e. The molecule has 0 spiro atoms. The van der Waals surface area contributed by atoms with E-state index in [4.69, 9.17) is 4.74 Å². The van der Waals surface area contributed by atoms with E-state index in [-0.39, 0.29) is 24.2 Å². The molecule has 1 aromatic rings. The fourth-order valence-corrected chi connectivity index (χ4v) is 3.26. The lowest BCUT2D eigenvalue weighted by molar-refractivity contribution is -0.137. The minimum atomic E-state index is 0. The van der Waals surface area contributed by atoms with Crippen LogP contribution in [0.2, 0.25) is 0 Å². The summed E-state index contributed by atoms with van der Waals surface area (Å²) in [7, 11) is 1.68. The van der Waals surface area contributed by atoms with Crippen LogP contribution in [-0.4, -0.2) is 53.9 Å². The second-order valence-electron chi connectivity index (χ2n) is 6.24. The van der Waals surface area contributed by atoms with E-state index < -0.39 is 0 Å². The number of amides is 1. The standard InChI is InChI=1S/C17H30N4O2.ClH/c1-5-21-14(3)16(13(2)19-21)12-20(10-11-23-4)17(22)15-6-8-18-9-7-15;/h15,18H,5-12H2,1-4H3;1H. The van der Waals surface area contributed by atoms with Crippen molar-refractivity contribution in [2.45, 2.75) is 46.7 Å². The number of halogens is 1. The van der Waals surface area contributed by atoms with Gasteiger partial charge in [0.1, 0.15) is 0 Å². The zero-order valence-corrected chi connectivity index (χ0v) is 16.1. The van der Waals surface area contributed by atoms with Crippen LogP contribution in [0.1, 0.15) is 36.7 Å². The third-order valence-corrected chi connectivity index (χ3v) is 4.75. The van der Waals surface area contributed by atoms with E-state index >= 15 is 0 Å². The van der Waals surface area contributed by atoms with Crippen LogP contribution in [0.3, 0.4) is 0 Å². The van der Waals surface area contributed by atoms with Crippen LogP contribution in [0.15, 0.2) is 0 Å². The van der Waals surface area contributed by atoms with Gasteiger partial charge >= 0.3 is 0 Å². The van der Waals surface area contributed by atoms with Gasteiger partial charge in [-0.05, 0) is 46.7 Å². The molecule has 6 nitrogen and oxygen atoms in total. The van der Waals surface area contributed by atoms with Gasteiger partial charge in [-0.15, -0.1) is 12.4 Å². The molecule has 0 saturated carbocycles. The second kappa shape index (κ2) is 10.0. The van der Waals surface area contributed by atoms with E-state index in [1.54, 1.807) is 7.11 Å². The molecule has 0 aliphatic carbocycles. The van der Waals surface area contributed by atoms with Crippen LogP contribution < -0.4 is 5.32 Å². The fraction of sp³-hybridized carbons (Fsp3) is 0.765. The monoisotopic (exact) mass is 358 g/mol. The number of nitrogens with zero attached hydrogens (tertiary/aromatic N) is 3. The number of aryl methyl sites for hydroxylation is 2. The number of methoxy groups -OCH3 is 1. The van der Waals surface area contributed by atoms with Gasteiger partial charge in [0.25, 0.3) is 0 Å². The van der Waals surface area contributed by atoms with E-state index in [9.17, 15) is 4.79 Å². The summed E-state index contributed by atoms with van der Waals surface area (Å²) in [5.41, 5.74) is 3.35. The highest BCUT2D eigenvalue weighted by Crippen LogP contribution is 2.20. The quantitative estimate of drug-likeness (QED) is 0.809. The second-order valence-corrected chi connectivity index (χ2v) is 6.24. The van der Waals surface area contributed by atoms with Crippen LogP contribution in [0, 0.1) is 19.8 Å². The summed E-state index contributed by atoms with van der Waals surface area (Å²) >= 11 is 0. The predicted molar refractivity (Wildman–Crippen MR) is 97.5 cm³/mol. The summed E-state index contributed by atoms with van der Waals surface area (Å²) in [6, 6.07) is 0. The Kier molecular flexibility index (Phi) is 8.73. The molecule has 7 heteroatoms. The highest BCUT2D eigenvalue weighted by atomic mass is 35.5. The molecule has 1 fully saturated rings. The maximum atomic E-state index is 12.9. The Bertz CT molecular complexity index is 527. The Morgan fingerprint density at radius 3 is 2.58 bits per heavy atom. The Labute approximate surface area is 151 Å². The van der Waals surface area contributed by atoms with Gasteiger partial charge in [0.15, 0.2) is 0 Å². The van der Waals surface area contributed by atoms with Gasteiger partial charge in [-0.1, -0.05) is 0 Å². The molecule has 24 heavy (non-hydrogen) atoms. The van der Waals surface area contributed by atoms with Gasteiger partial charge in [-0.25, -0.2) is 0 Å². The Morgan fingerprint density at radius 1 is 1.38 bits per heavy atom. The number of hydrogen-bond acceptors (Lipinski definition) is 4. The first-order valence-electron chi connectivity index (χ1n) is 8.59. The SMILES string of the molecule is CCn1nc(C)c(CN(CCOC)C(=O)C2CCNCC2)c1C.Cl. The first-order chi connectivity index (χ1) is 11.1. The molecule has 1 aromatic heterocycles. The van der Waals surface area contributed by atoms with E-state index in [2.05, 4.69) is 24.3 Å². The van der Waals surface area contributed by atoms with Gasteiger partial charge in [-0.3, -0.25) is 9.48 Å². The van der Waals surface area contributed by atoms with Gasteiger partial charge in [0.05, 0.1) is 12.3 Å². The molecule has 1 N–H and O–H groups in total. The molecule has 0 atom stereocenters. The summed E-state index contributed by atoms with van der Waals surface area (Å²) in [5.74, 6) is 0.390. The Morgan fingerprint density at radius 2 is 2.04 bits per heavy atom. The molecule has 2 heterocycles. The zero-order valence-electron chi connectivity index (χ0n) is 15.3. The lowest BCUT2D eigenvalue weighted by atomic mass is 9.96. The number of rotatable bonds is 7. The molecular weight excluding hydrogens is 328 g/mol. The topological polar surface area (TPSA) is 59.4 Å². The van der Waals surface area contributed by atoms with E-state index in [0.717, 1.165) is 43.9 Å². The van der Waals surface area contributed by atoms with Crippen LogP contribution >= 0.6 is 12.4 Å². The molecule has 0 unspecified atom stereocenters. The zero-order chi connectivity index (χ0) is 16.8. The predicted octanol–water partition coefficient (Wildman–Crippen LogP) is 1.92. The number of piperidine rings is 1. The summed E-state index contributed by atoms with van der Waals surface area (Å²) in [6.07, 6.45) is 1.85. The van der Waals surface area contributed by atoms with Crippen molar-refractivity contribution >= 4 is 18.3 Å². The van der Waals surface area contributed by atoms with Crippen LogP contribution in [0.25, 0.3) is 0 Å². The number of ether oxygens (including phenoxy) is 1. The van der Waals surface area contributed by atoms with Crippen molar-refractivity contribution in [3.8, 4) is 0 Å². The Balaban J connectivity index is 0.00000288. The molecule has 1 aliphatic heterocycles. The Hall–Kier alpha value is -1.11. The summed E-state index contributed by atoms with van der Waals surface area (Å²) in [6.45, 7) is 10.7. The maximum absolute atomic E-state index is 12.9. The minimum absolute atomic E-state index is 0. The van der Waals surface area contributed by atoms with Gasteiger partial charge in [-0.2, -0.15) is 5.10 Å². The van der Waals surface area contributed by atoms with E-state index in [1.807, 2.05) is 16.5 Å². The van der Waals surface area contributed by atoms with E-state index in [1.165, 1.54) is 5.56 Å². The fourth-order valence-electron chi connectivity index (χ4n) is 3.26. The summed E-state index contributed by atoms with van der Waals surface area (Å²) in [4.78, 5) is 14.9. The molecule has 2 rings (SSSR count). The summed E-state index contributed by atoms with van der Waals surface area (Å²) < 4.78 is 7.22. The van der Waals surface area contributed by atoms with Gasteiger partial charge in [0.2, 0.25) is 5.91 Å². The molecular formula is C17H31ClN4O2. The van der Waals surface area contributed by atoms with Crippen LogP contribution in [0.5, 0.6) is 0 Å². The number of aromatic nitrogens is 2. The molecule has 138 valence electrons. The largest absolute Gasteiger partial charge is 0.383 e. The number of hydrogen-bond donors (Lipinski definition) is 1. The average Bonchev–Trinajstić information content (AvgIpc) is 2.85. The van der Waals surface area contributed by atoms with Crippen LogP contribution in [-0.2, 0) is 22.6 Å². The minimum Gasteiger partial charge on any atom is -0.383 e. The van der Waals surface area contributed by atoms with Crippen molar-refractivity contribution in [3.63, 3.8) is 0 Å². The average molecular weight is 359 g/mol. The smallest absolute Gasteiger partial charge is 0.226 e. The van der Waals surface area contributed by atoms with Gasteiger partial charge < -0.3 is 15.0 Å². The summed E-state index contributed by atoms with van der Waals surface area (Å²) in [5, 5.41) is 7.89. The van der Waals surface area contributed by atoms with Crippen molar-refractivity contribution in [1.29, 1.82) is 0 Å². The van der Waals surface area contributed by atoms with Crippen LogP contribution in [0.4, 0.5) is 0 Å². The number of carbonyl (C=O) groups is 1. The first-order valence-corrected chi connectivity index (χ1v) is 8.59. The molecule has 1 amide bonds. The lowest BCUT2D eigenvalue weighted by Crippen LogP contribution is -2.42. The molecule has 0 radical (unpaired) electrons. The molecule has 0 bridgehead atoms. The lowest BCUT2D eigenvalue weighted by Gasteiger charge is -2.29. The van der Waals surface area contributed by atoms with Crippen molar-refractivity contribution < 1.29 is 9.53 Å². The number of nitrogens with one attached hydrogen (secondary N) is 1. The van der Waals surface area contributed by atoms with Crippen molar-refractivity contribution in [2.24, 2.45) is 5.92 Å².